The number of methoxy groups -OCH3 is 1. The van der Waals surface area contributed by atoms with Crippen LogP contribution in [0.25, 0.3) is 0 Å². The minimum atomic E-state index is 0.141. The molecule has 0 unspecified atom stereocenters. The standard InChI is InChI=1S/C21H23N3O3/c1-23-11-12-24(16-23)10-3-13-27-20-7-4-17(21(25)14-20)15-22-18-5-8-19(26-2)9-6-18/h4-9,11-12,14-16H,3,10,13H2,1-2H3/p+1. The summed E-state index contributed by atoms with van der Waals surface area (Å²) in [7, 11) is 3.62. The molecule has 27 heavy (non-hydrogen) atoms. The third-order valence-corrected chi connectivity index (χ3v) is 4.08. The molecule has 0 saturated carbocycles. The van der Waals surface area contributed by atoms with E-state index in [1.165, 1.54) is 0 Å². The van der Waals surface area contributed by atoms with Gasteiger partial charge in [-0.1, -0.05) is 0 Å². The summed E-state index contributed by atoms with van der Waals surface area (Å²) < 4.78 is 15.0. The number of benzene rings is 2. The maximum absolute atomic E-state index is 10.2. The number of aromatic nitrogens is 2. The second-order valence-electron chi connectivity index (χ2n) is 6.20. The molecule has 0 aliphatic rings. The molecule has 0 fully saturated rings. The molecule has 0 saturated heterocycles. The molecule has 0 aliphatic carbocycles. The van der Waals surface area contributed by atoms with E-state index in [0.717, 1.165) is 24.4 Å². The van der Waals surface area contributed by atoms with E-state index in [0.29, 0.717) is 17.9 Å². The summed E-state index contributed by atoms with van der Waals surface area (Å²) >= 11 is 0. The minimum absolute atomic E-state index is 0.141. The van der Waals surface area contributed by atoms with E-state index < -0.39 is 0 Å². The van der Waals surface area contributed by atoms with Crippen LogP contribution in [0.1, 0.15) is 12.0 Å². The van der Waals surface area contributed by atoms with E-state index in [-0.39, 0.29) is 5.75 Å². The van der Waals surface area contributed by atoms with Crippen LogP contribution in [-0.2, 0) is 13.6 Å². The Bertz CT molecular complexity index is 901. The molecule has 0 radical (unpaired) electrons. The van der Waals surface area contributed by atoms with Gasteiger partial charge in [0.2, 0.25) is 6.33 Å². The Hall–Kier alpha value is -3.28. The summed E-state index contributed by atoms with van der Waals surface area (Å²) in [5.74, 6) is 1.57. The van der Waals surface area contributed by atoms with Crippen LogP contribution < -0.4 is 14.0 Å². The van der Waals surface area contributed by atoms with Gasteiger partial charge in [0.15, 0.2) is 0 Å². The van der Waals surface area contributed by atoms with Crippen LogP contribution in [-0.4, -0.2) is 29.6 Å². The Kier molecular flexibility index (Phi) is 6.10. The van der Waals surface area contributed by atoms with Gasteiger partial charge in [0.05, 0.1) is 33.0 Å². The first kappa shape index (κ1) is 18.5. The molecule has 140 valence electrons. The summed E-state index contributed by atoms with van der Waals surface area (Å²) in [5.41, 5.74) is 1.42. The molecule has 0 atom stereocenters. The molecule has 0 amide bonds. The highest BCUT2D eigenvalue weighted by Crippen LogP contribution is 2.24. The summed E-state index contributed by atoms with van der Waals surface area (Å²) in [6, 6.07) is 12.6. The highest BCUT2D eigenvalue weighted by molar-refractivity contribution is 5.85. The molecule has 0 bridgehead atoms. The fraction of sp³-hybridized carbons (Fsp3) is 0.238. The molecule has 6 heteroatoms. The fourth-order valence-electron chi connectivity index (χ4n) is 2.61. The van der Waals surface area contributed by atoms with Crippen LogP contribution >= 0.6 is 0 Å². The quantitative estimate of drug-likeness (QED) is 0.378. The second kappa shape index (κ2) is 8.89. The second-order valence-corrected chi connectivity index (χ2v) is 6.20. The lowest BCUT2D eigenvalue weighted by Gasteiger charge is -2.07. The Labute approximate surface area is 159 Å². The van der Waals surface area contributed by atoms with Crippen LogP contribution in [0.3, 0.4) is 0 Å². The highest BCUT2D eigenvalue weighted by atomic mass is 16.5. The lowest BCUT2D eigenvalue weighted by molar-refractivity contribution is -0.671. The zero-order valence-electron chi connectivity index (χ0n) is 15.6. The topological polar surface area (TPSA) is 59.9 Å². The van der Waals surface area contributed by atoms with Crippen molar-refractivity contribution in [2.45, 2.75) is 13.0 Å². The molecular formula is C21H24N3O3+. The molecule has 1 aromatic heterocycles. The fourth-order valence-corrected chi connectivity index (χ4v) is 2.61. The van der Waals surface area contributed by atoms with Crippen LogP contribution in [0.4, 0.5) is 5.69 Å². The SMILES string of the molecule is COc1ccc(N=Cc2ccc(OCCCn3cc[n+](C)c3)cc2O)cc1. The van der Waals surface area contributed by atoms with Gasteiger partial charge >= 0.3 is 0 Å². The van der Waals surface area contributed by atoms with Gasteiger partial charge < -0.3 is 14.6 Å². The van der Waals surface area contributed by atoms with Crippen molar-refractivity contribution < 1.29 is 19.1 Å². The van der Waals surface area contributed by atoms with Crippen molar-refractivity contribution in [3.8, 4) is 17.2 Å². The van der Waals surface area contributed by atoms with Gasteiger partial charge in [-0.25, -0.2) is 9.13 Å². The van der Waals surface area contributed by atoms with E-state index in [1.54, 1.807) is 25.5 Å². The van der Waals surface area contributed by atoms with Gasteiger partial charge in [-0.2, -0.15) is 0 Å². The molecule has 1 heterocycles. The smallest absolute Gasteiger partial charge is 0.243 e. The lowest BCUT2D eigenvalue weighted by Crippen LogP contribution is -2.23. The number of phenols is 1. The number of hydrogen-bond acceptors (Lipinski definition) is 4. The number of aliphatic imine (C=N–C) groups is 1. The van der Waals surface area contributed by atoms with Crippen molar-refractivity contribution in [3.05, 3.63) is 66.7 Å². The van der Waals surface area contributed by atoms with Crippen molar-refractivity contribution in [3.63, 3.8) is 0 Å². The normalized spacial score (nSPS) is 11.0. The monoisotopic (exact) mass is 366 g/mol. The number of hydrogen-bond donors (Lipinski definition) is 1. The maximum atomic E-state index is 10.2. The molecule has 1 N–H and O–H groups in total. The molecule has 3 rings (SSSR count). The van der Waals surface area contributed by atoms with Gasteiger partial charge in [0.1, 0.15) is 29.6 Å². The number of ether oxygens (including phenoxy) is 2. The minimum Gasteiger partial charge on any atom is -0.507 e. The first-order chi connectivity index (χ1) is 13.1. The average molecular weight is 366 g/mol. The van der Waals surface area contributed by atoms with Crippen molar-refractivity contribution in [2.24, 2.45) is 12.0 Å². The van der Waals surface area contributed by atoms with Crippen LogP contribution in [0.15, 0.2) is 66.2 Å². The Balaban J connectivity index is 1.52. The van der Waals surface area contributed by atoms with Gasteiger partial charge in [0, 0.05) is 24.3 Å². The number of aryl methyl sites for hydroxylation is 2. The molecule has 3 aromatic rings. The average Bonchev–Trinajstić information content (AvgIpc) is 3.10. The largest absolute Gasteiger partial charge is 0.507 e. The summed E-state index contributed by atoms with van der Waals surface area (Å²) in [6.07, 6.45) is 8.58. The molecule has 0 aliphatic heterocycles. The van der Waals surface area contributed by atoms with Gasteiger partial charge in [-0.15, -0.1) is 0 Å². The number of aromatic hydroxyl groups is 1. The third-order valence-electron chi connectivity index (χ3n) is 4.08. The predicted molar refractivity (Wildman–Crippen MR) is 104 cm³/mol. The predicted octanol–water partition coefficient (Wildman–Crippen LogP) is 3.25. The summed E-state index contributed by atoms with van der Waals surface area (Å²) in [5, 5.41) is 10.2. The number of imidazole rings is 1. The number of phenolic OH excluding ortho intramolecular Hbond substituents is 1. The van der Waals surface area contributed by atoms with Crippen LogP contribution in [0.5, 0.6) is 17.2 Å². The van der Waals surface area contributed by atoms with Gasteiger partial charge in [-0.3, -0.25) is 4.99 Å². The summed E-state index contributed by atoms with van der Waals surface area (Å²) in [4.78, 5) is 4.37. The molecule has 0 spiro atoms. The van der Waals surface area contributed by atoms with E-state index >= 15 is 0 Å². The van der Waals surface area contributed by atoms with Crippen LogP contribution in [0.2, 0.25) is 0 Å². The molecule has 2 aromatic carbocycles. The maximum Gasteiger partial charge on any atom is 0.243 e. The number of nitrogens with zero attached hydrogens (tertiary/aromatic N) is 3. The lowest BCUT2D eigenvalue weighted by atomic mass is 10.2. The Morgan fingerprint density at radius 2 is 1.93 bits per heavy atom. The first-order valence-corrected chi connectivity index (χ1v) is 8.79. The molecular weight excluding hydrogens is 342 g/mol. The van der Waals surface area contributed by atoms with Crippen molar-refractivity contribution in [1.82, 2.24) is 4.57 Å². The third kappa shape index (κ3) is 5.34. The van der Waals surface area contributed by atoms with E-state index in [2.05, 4.69) is 9.56 Å². The van der Waals surface area contributed by atoms with Crippen molar-refractivity contribution >= 4 is 11.9 Å². The van der Waals surface area contributed by atoms with Crippen molar-refractivity contribution in [2.75, 3.05) is 13.7 Å². The van der Waals surface area contributed by atoms with Gasteiger partial charge in [-0.05, 0) is 36.4 Å². The van der Waals surface area contributed by atoms with E-state index in [1.807, 2.05) is 60.7 Å². The zero-order chi connectivity index (χ0) is 19.1. The van der Waals surface area contributed by atoms with E-state index in [9.17, 15) is 5.11 Å². The van der Waals surface area contributed by atoms with Crippen molar-refractivity contribution in [1.29, 1.82) is 0 Å². The zero-order valence-corrected chi connectivity index (χ0v) is 15.6. The Morgan fingerprint density at radius 1 is 1.15 bits per heavy atom. The highest BCUT2D eigenvalue weighted by Gasteiger charge is 2.03. The van der Waals surface area contributed by atoms with E-state index in [4.69, 9.17) is 9.47 Å². The number of rotatable bonds is 8. The molecule has 6 nitrogen and oxygen atoms in total. The van der Waals surface area contributed by atoms with Gasteiger partial charge in [0.25, 0.3) is 0 Å². The summed E-state index contributed by atoms with van der Waals surface area (Å²) in [6.45, 7) is 1.47. The Morgan fingerprint density at radius 3 is 2.59 bits per heavy atom. The van der Waals surface area contributed by atoms with Crippen LogP contribution in [0, 0.1) is 0 Å². The first-order valence-electron chi connectivity index (χ1n) is 8.79.